The highest BCUT2D eigenvalue weighted by atomic mass is 35.5. The Morgan fingerprint density at radius 1 is 1.22 bits per heavy atom. The Bertz CT molecular complexity index is 495. The van der Waals surface area contributed by atoms with Gasteiger partial charge in [0.05, 0.1) is 12.1 Å². The van der Waals surface area contributed by atoms with Crippen molar-refractivity contribution in [2.75, 3.05) is 0 Å². The summed E-state index contributed by atoms with van der Waals surface area (Å²) in [4.78, 5) is 5.13. The number of benzene rings is 1. The van der Waals surface area contributed by atoms with Gasteiger partial charge in [-0.05, 0) is 26.0 Å². The predicted molar refractivity (Wildman–Crippen MR) is 68.9 cm³/mol. The van der Waals surface area contributed by atoms with Crippen molar-refractivity contribution >= 4 is 17.3 Å². The maximum Gasteiger partial charge on any atom is 0.178 e. The van der Waals surface area contributed by atoms with E-state index in [1.807, 2.05) is 26.0 Å². The first-order valence-electron chi connectivity index (χ1n) is 5.37. The van der Waals surface area contributed by atoms with Gasteiger partial charge in [0.1, 0.15) is 11.8 Å². The summed E-state index contributed by atoms with van der Waals surface area (Å²) in [5, 5.41) is 22.4. The topological polar surface area (TPSA) is 69.2 Å². The Morgan fingerprint density at radius 2 is 1.78 bits per heavy atom. The lowest BCUT2D eigenvalue weighted by molar-refractivity contribution is 0.0855. The maximum atomic E-state index is 8.94. The summed E-state index contributed by atoms with van der Waals surface area (Å²) in [7, 11) is 0. The number of hydrogen-bond acceptors (Lipinski definition) is 4. The van der Waals surface area contributed by atoms with Crippen LogP contribution >= 0.6 is 11.6 Å². The summed E-state index contributed by atoms with van der Waals surface area (Å²) >= 11 is 5.79. The molecule has 1 aromatic rings. The molecule has 0 bridgehead atoms. The Balaban J connectivity index is 3.13. The molecule has 0 spiro atoms. The molecule has 4 nitrogen and oxygen atoms in total. The first-order chi connectivity index (χ1) is 8.58. The monoisotopic (exact) mass is 261 g/mol. The molecule has 0 N–H and O–H groups in total. The van der Waals surface area contributed by atoms with Crippen molar-refractivity contribution < 1.29 is 4.84 Å². The summed E-state index contributed by atoms with van der Waals surface area (Å²) in [6.45, 7) is 3.63. The van der Waals surface area contributed by atoms with Crippen molar-refractivity contribution in [1.82, 2.24) is 0 Å². The fourth-order valence-corrected chi connectivity index (χ4v) is 1.33. The van der Waals surface area contributed by atoms with Crippen LogP contribution in [0.3, 0.4) is 0 Å². The molecule has 0 radical (unpaired) electrons. The molecule has 0 saturated heterocycles. The van der Waals surface area contributed by atoms with Crippen molar-refractivity contribution in [1.29, 1.82) is 10.5 Å². The van der Waals surface area contributed by atoms with Gasteiger partial charge < -0.3 is 4.84 Å². The maximum absolute atomic E-state index is 8.94. The molecule has 0 saturated carbocycles. The third kappa shape index (κ3) is 3.76. The van der Waals surface area contributed by atoms with E-state index in [1.54, 1.807) is 24.3 Å². The zero-order valence-electron chi connectivity index (χ0n) is 10.1. The minimum Gasteiger partial charge on any atom is -0.393 e. The smallest absolute Gasteiger partial charge is 0.178 e. The summed E-state index contributed by atoms with van der Waals surface area (Å²) in [6.07, 6.45) is -0.120. The highest BCUT2D eigenvalue weighted by Crippen LogP contribution is 2.14. The van der Waals surface area contributed by atoms with E-state index < -0.39 is 5.92 Å². The van der Waals surface area contributed by atoms with E-state index in [1.165, 1.54) is 0 Å². The van der Waals surface area contributed by atoms with Crippen LogP contribution in [-0.4, -0.2) is 11.8 Å². The molecular weight excluding hydrogens is 250 g/mol. The summed E-state index contributed by atoms with van der Waals surface area (Å²) in [5.74, 6) is -0.968. The summed E-state index contributed by atoms with van der Waals surface area (Å²) < 4.78 is 0. The molecule has 0 heterocycles. The number of nitriles is 2. The van der Waals surface area contributed by atoms with E-state index >= 15 is 0 Å². The molecule has 18 heavy (non-hydrogen) atoms. The van der Waals surface area contributed by atoms with Gasteiger partial charge in [-0.15, -0.1) is 0 Å². The third-order valence-electron chi connectivity index (χ3n) is 2.03. The van der Waals surface area contributed by atoms with Crippen molar-refractivity contribution in [3.05, 3.63) is 34.9 Å². The summed E-state index contributed by atoms with van der Waals surface area (Å²) in [5.41, 5.74) is 0.943. The van der Waals surface area contributed by atoms with Gasteiger partial charge >= 0.3 is 0 Å². The fraction of sp³-hybridized carbons (Fsp3) is 0.308. The Hall–Kier alpha value is -2.04. The van der Waals surface area contributed by atoms with E-state index in [9.17, 15) is 0 Å². The van der Waals surface area contributed by atoms with E-state index in [4.69, 9.17) is 27.0 Å². The molecule has 0 aromatic heterocycles. The number of oxime groups is 1. The van der Waals surface area contributed by atoms with Gasteiger partial charge in [0.15, 0.2) is 5.92 Å². The second kappa shape index (κ2) is 6.64. The van der Waals surface area contributed by atoms with Crippen LogP contribution in [0.25, 0.3) is 0 Å². The highest BCUT2D eigenvalue weighted by Gasteiger charge is 2.18. The molecular formula is C13H12ClN3O. The fourth-order valence-electron chi connectivity index (χ4n) is 1.21. The lowest BCUT2D eigenvalue weighted by Gasteiger charge is -2.09. The molecule has 1 aromatic carbocycles. The Kier molecular flexibility index (Phi) is 5.17. The average Bonchev–Trinajstić information content (AvgIpc) is 2.35. The highest BCUT2D eigenvalue weighted by molar-refractivity contribution is 6.30. The quantitative estimate of drug-likeness (QED) is 0.618. The number of hydrogen-bond donors (Lipinski definition) is 0. The molecule has 92 valence electrons. The van der Waals surface area contributed by atoms with Crippen LogP contribution in [0.4, 0.5) is 0 Å². The minimum absolute atomic E-state index is 0.120. The van der Waals surface area contributed by atoms with Gasteiger partial charge in [0, 0.05) is 10.6 Å². The predicted octanol–water partition coefficient (Wildman–Crippen LogP) is 3.13. The average molecular weight is 262 g/mol. The van der Waals surface area contributed by atoms with Crippen LogP contribution in [0.2, 0.25) is 5.02 Å². The first kappa shape index (κ1) is 14.0. The molecule has 0 atom stereocenters. The normalized spacial score (nSPS) is 11.2. The molecule has 0 amide bonds. The molecule has 0 aliphatic heterocycles. The van der Waals surface area contributed by atoms with Crippen LogP contribution in [0.1, 0.15) is 19.4 Å². The molecule has 0 aliphatic carbocycles. The zero-order valence-corrected chi connectivity index (χ0v) is 10.8. The zero-order chi connectivity index (χ0) is 13.5. The van der Waals surface area contributed by atoms with E-state index in [0.29, 0.717) is 16.3 Å². The van der Waals surface area contributed by atoms with Gasteiger partial charge in [0.2, 0.25) is 0 Å². The number of rotatable bonds is 4. The van der Waals surface area contributed by atoms with Crippen molar-refractivity contribution in [2.24, 2.45) is 11.1 Å². The van der Waals surface area contributed by atoms with E-state index in [0.717, 1.165) is 0 Å². The minimum atomic E-state index is -0.968. The molecule has 5 heteroatoms. The summed E-state index contributed by atoms with van der Waals surface area (Å²) in [6, 6.07) is 10.5. The van der Waals surface area contributed by atoms with Gasteiger partial charge in [0.25, 0.3) is 0 Å². The lowest BCUT2D eigenvalue weighted by Crippen LogP contribution is -2.14. The second-order valence-corrected chi connectivity index (χ2v) is 4.27. The standard InChI is InChI=1S/C13H12ClN3O/c1-9(2)18-17-13(11(7-15)8-16)10-3-5-12(14)6-4-10/h3-6,9,11H,1-2H3/b17-13-. The van der Waals surface area contributed by atoms with Crippen molar-refractivity contribution in [2.45, 2.75) is 20.0 Å². The van der Waals surface area contributed by atoms with Gasteiger partial charge in [-0.3, -0.25) is 0 Å². The third-order valence-corrected chi connectivity index (χ3v) is 2.29. The van der Waals surface area contributed by atoms with E-state index in [-0.39, 0.29) is 6.10 Å². The number of nitrogens with zero attached hydrogens (tertiary/aromatic N) is 3. The van der Waals surface area contributed by atoms with Crippen molar-refractivity contribution in [3.63, 3.8) is 0 Å². The molecule has 0 unspecified atom stereocenters. The molecule has 0 aliphatic rings. The lowest BCUT2D eigenvalue weighted by atomic mass is 9.99. The SMILES string of the molecule is CC(C)O/N=C(/c1ccc(Cl)cc1)C(C#N)C#N. The van der Waals surface area contributed by atoms with Gasteiger partial charge in [-0.2, -0.15) is 10.5 Å². The van der Waals surface area contributed by atoms with Crippen molar-refractivity contribution in [3.8, 4) is 12.1 Å². The molecule has 1 rings (SSSR count). The van der Waals surface area contributed by atoms with Crippen LogP contribution in [-0.2, 0) is 4.84 Å². The van der Waals surface area contributed by atoms with Gasteiger partial charge in [-0.25, -0.2) is 0 Å². The first-order valence-corrected chi connectivity index (χ1v) is 5.75. The van der Waals surface area contributed by atoms with Crippen LogP contribution < -0.4 is 0 Å². The Labute approximate surface area is 111 Å². The Morgan fingerprint density at radius 3 is 2.22 bits per heavy atom. The van der Waals surface area contributed by atoms with Gasteiger partial charge in [-0.1, -0.05) is 28.9 Å². The van der Waals surface area contributed by atoms with Crippen LogP contribution in [0.15, 0.2) is 29.4 Å². The van der Waals surface area contributed by atoms with Crippen LogP contribution in [0, 0.1) is 28.6 Å². The second-order valence-electron chi connectivity index (χ2n) is 3.83. The van der Waals surface area contributed by atoms with E-state index in [2.05, 4.69) is 5.16 Å². The largest absolute Gasteiger partial charge is 0.393 e. The van der Waals surface area contributed by atoms with Crippen LogP contribution in [0.5, 0.6) is 0 Å². The molecule has 0 fully saturated rings. The number of halogens is 1.